The number of ether oxygens (including phenoxy) is 2. The van der Waals surface area contributed by atoms with Gasteiger partial charge >= 0.3 is 6.09 Å². The van der Waals surface area contributed by atoms with E-state index in [0.29, 0.717) is 12.0 Å². The molecule has 1 fully saturated rings. The first-order valence-electron chi connectivity index (χ1n) is 13.0. The van der Waals surface area contributed by atoms with Crippen LogP contribution in [0.5, 0.6) is 0 Å². The number of hydrogen-bond donors (Lipinski definition) is 0. The number of aromatic nitrogens is 2. The standard InChI is InChI=1S/C29H34ClN3O4/c1-29(2,3)37-28(35)32-17-20-16-22(14-15-24(20)31-32)33(21-12-13-21)27(34)19-10-8-18(9-11-19)26-23(30)6-5-7-25(26)36-4/h7-11,17,21-22H,5-6,12-16H2,1-4H3. The molecule has 0 bridgehead atoms. The van der Waals surface area contributed by atoms with Crippen molar-refractivity contribution in [3.8, 4) is 0 Å². The van der Waals surface area contributed by atoms with Crippen LogP contribution in [0.1, 0.15) is 80.1 Å². The molecular formula is C29H34ClN3O4. The van der Waals surface area contributed by atoms with Gasteiger partial charge in [0.25, 0.3) is 5.91 Å². The summed E-state index contributed by atoms with van der Waals surface area (Å²) in [5.41, 5.74) is 3.85. The molecule has 0 N–H and O–H groups in total. The fourth-order valence-electron chi connectivity index (χ4n) is 5.21. The Balaban J connectivity index is 1.33. The van der Waals surface area contributed by atoms with Crippen LogP contribution in [0, 0.1) is 0 Å². The van der Waals surface area contributed by atoms with Gasteiger partial charge < -0.3 is 14.4 Å². The summed E-state index contributed by atoms with van der Waals surface area (Å²) in [7, 11) is 1.65. The van der Waals surface area contributed by atoms with Gasteiger partial charge in [-0.15, -0.1) is 0 Å². The minimum Gasteiger partial charge on any atom is -0.496 e. The highest BCUT2D eigenvalue weighted by atomic mass is 35.5. The molecule has 2 aromatic rings. The van der Waals surface area contributed by atoms with Crippen LogP contribution < -0.4 is 0 Å². The maximum absolute atomic E-state index is 13.7. The minimum absolute atomic E-state index is 0.0493. The molecule has 0 spiro atoms. The molecule has 3 aliphatic carbocycles. The van der Waals surface area contributed by atoms with Crippen molar-refractivity contribution in [1.82, 2.24) is 14.7 Å². The number of allylic oxidation sites excluding steroid dienone is 3. The predicted octanol–water partition coefficient (Wildman–Crippen LogP) is 6.10. The molecule has 1 saturated carbocycles. The molecule has 3 aliphatic rings. The van der Waals surface area contributed by atoms with Crippen molar-refractivity contribution < 1.29 is 19.1 Å². The monoisotopic (exact) mass is 523 g/mol. The van der Waals surface area contributed by atoms with Crippen LogP contribution in [-0.2, 0) is 22.3 Å². The van der Waals surface area contributed by atoms with Crippen LogP contribution in [0.15, 0.2) is 47.3 Å². The maximum atomic E-state index is 13.7. The molecule has 1 atom stereocenters. The van der Waals surface area contributed by atoms with Gasteiger partial charge in [0, 0.05) is 34.4 Å². The highest BCUT2D eigenvalue weighted by molar-refractivity contribution is 6.33. The topological polar surface area (TPSA) is 73.7 Å². The Morgan fingerprint density at radius 1 is 1.08 bits per heavy atom. The lowest BCUT2D eigenvalue weighted by atomic mass is 9.91. The minimum atomic E-state index is -0.586. The molecule has 1 aromatic heterocycles. The molecule has 1 aromatic carbocycles. The molecule has 0 aliphatic heterocycles. The normalized spacial score (nSPS) is 19.7. The molecule has 0 saturated heterocycles. The molecule has 5 rings (SSSR count). The fraction of sp³-hybridized carbons (Fsp3) is 0.483. The average Bonchev–Trinajstić information content (AvgIpc) is 3.59. The van der Waals surface area contributed by atoms with Crippen LogP contribution in [0.4, 0.5) is 4.79 Å². The van der Waals surface area contributed by atoms with Gasteiger partial charge in [-0.2, -0.15) is 9.78 Å². The summed E-state index contributed by atoms with van der Waals surface area (Å²) in [6.07, 6.45) is 9.26. The average molecular weight is 524 g/mol. The van der Waals surface area contributed by atoms with Crippen LogP contribution in [0.25, 0.3) is 5.57 Å². The smallest absolute Gasteiger partial charge is 0.435 e. The van der Waals surface area contributed by atoms with E-state index >= 15 is 0 Å². The number of carbonyl (C=O) groups excluding carboxylic acids is 2. The second-order valence-electron chi connectivity index (χ2n) is 11.0. The number of benzene rings is 1. The third-order valence-electron chi connectivity index (χ3n) is 7.05. The number of methoxy groups -OCH3 is 1. The van der Waals surface area contributed by atoms with E-state index in [1.165, 1.54) is 4.68 Å². The summed E-state index contributed by atoms with van der Waals surface area (Å²) in [5.74, 6) is 0.827. The molecular weight excluding hydrogens is 490 g/mol. The largest absolute Gasteiger partial charge is 0.496 e. The summed E-state index contributed by atoms with van der Waals surface area (Å²) in [6.45, 7) is 5.51. The van der Waals surface area contributed by atoms with E-state index in [0.717, 1.165) is 71.7 Å². The first kappa shape index (κ1) is 25.6. The first-order valence-corrected chi connectivity index (χ1v) is 13.4. The van der Waals surface area contributed by atoms with Crippen molar-refractivity contribution in [2.24, 2.45) is 0 Å². The van der Waals surface area contributed by atoms with Crippen molar-refractivity contribution in [2.75, 3.05) is 7.11 Å². The van der Waals surface area contributed by atoms with Crippen LogP contribution in [-0.4, -0.2) is 51.5 Å². The maximum Gasteiger partial charge on any atom is 0.435 e. The van der Waals surface area contributed by atoms with Crippen LogP contribution in [0.2, 0.25) is 0 Å². The summed E-state index contributed by atoms with van der Waals surface area (Å²) >= 11 is 6.54. The Hall–Kier alpha value is -3.06. The summed E-state index contributed by atoms with van der Waals surface area (Å²) in [4.78, 5) is 28.3. The van der Waals surface area contributed by atoms with Gasteiger partial charge in [-0.3, -0.25) is 4.79 Å². The number of aryl methyl sites for hydroxylation is 1. The molecule has 7 nitrogen and oxygen atoms in total. The molecule has 1 unspecified atom stereocenters. The van der Waals surface area contributed by atoms with E-state index in [4.69, 9.17) is 21.1 Å². The zero-order valence-electron chi connectivity index (χ0n) is 21.9. The molecule has 37 heavy (non-hydrogen) atoms. The molecule has 1 heterocycles. The zero-order chi connectivity index (χ0) is 26.3. The second kappa shape index (κ2) is 10.0. The summed E-state index contributed by atoms with van der Waals surface area (Å²) in [6, 6.07) is 8.03. The molecule has 0 radical (unpaired) electrons. The third kappa shape index (κ3) is 5.47. The van der Waals surface area contributed by atoms with Gasteiger partial charge in [-0.1, -0.05) is 23.7 Å². The lowest BCUT2D eigenvalue weighted by Crippen LogP contribution is -2.44. The molecule has 196 valence electrons. The van der Waals surface area contributed by atoms with Gasteiger partial charge in [-0.25, -0.2) is 4.79 Å². The zero-order valence-corrected chi connectivity index (χ0v) is 22.7. The predicted molar refractivity (Wildman–Crippen MR) is 142 cm³/mol. The fourth-order valence-corrected chi connectivity index (χ4v) is 5.52. The number of carbonyl (C=O) groups is 2. The van der Waals surface area contributed by atoms with Crippen molar-refractivity contribution in [1.29, 1.82) is 0 Å². The van der Waals surface area contributed by atoms with Gasteiger partial charge in [0.15, 0.2) is 0 Å². The Morgan fingerprint density at radius 3 is 2.46 bits per heavy atom. The van der Waals surface area contributed by atoms with Crippen molar-refractivity contribution in [2.45, 2.75) is 83.4 Å². The van der Waals surface area contributed by atoms with E-state index < -0.39 is 11.7 Å². The third-order valence-corrected chi connectivity index (χ3v) is 7.43. The van der Waals surface area contributed by atoms with E-state index in [2.05, 4.69) is 16.1 Å². The van der Waals surface area contributed by atoms with Gasteiger partial charge in [-0.05, 0) is 95.1 Å². The number of halogens is 1. The van der Waals surface area contributed by atoms with Gasteiger partial charge in [0.1, 0.15) is 11.4 Å². The van der Waals surface area contributed by atoms with Crippen LogP contribution in [0.3, 0.4) is 0 Å². The highest BCUT2D eigenvalue weighted by Gasteiger charge is 2.39. The van der Waals surface area contributed by atoms with E-state index in [1.54, 1.807) is 13.3 Å². The van der Waals surface area contributed by atoms with E-state index in [-0.39, 0.29) is 18.0 Å². The summed E-state index contributed by atoms with van der Waals surface area (Å²) in [5, 5.41) is 5.25. The van der Waals surface area contributed by atoms with Crippen molar-refractivity contribution in [3.05, 3.63) is 69.7 Å². The van der Waals surface area contributed by atoms with E-state index in [9.17, 15) is 9.59 Å². The second-order valence-corrected chi connectivity index (χ2v) is 11.5. The first-order chi connectivity index (χ1) is 17.6. The number of amides is 1. The highest BCUT2D eigenvalue weighted by Crippen LogP contribution is 2.37. The Kier molecular flexibility index (Phi) is 6.92. The summed E-state index contributed by atoms with van der Waals surface area (Å²) < 4.78 is 12.3. The Labute approximate surface area is 223 Å². The quantitative estimate of drug-likeness (QED) is 0.473. The van der Waals surface area contributed by atoms with Crippen molar-refractivity contribution in [3.63, 3.8) is 0 Å². The van der Waals surface area contributed by atoms with E-state index in [1.807, 2.05) is 45.0 Å². The van der Waals surface area contributed by atoms with Crippen LogP contribution >= 0.6 is 11.6 Å². The number of nitrogens with zero attached hydrogens (tertiary/aromatic N) is 3. The molecule has 1 amide bonds. The lowest BCUT2D eigenvalue weighted by molar-refractivity contribution is 0.0513. The number of rotatable bonds is 5. The number of hydrogen-bond acceptors (Lipinski definition) is 5. The SMILES string of the molecule is COC1=CCCC(Cl)=C1c1ccc(C(=O)N(C2CC2)C2CCc3nn(C(=O)OC(C)(C)C)cc3C2)cc1. The Morgan fingerprint density at radius 2 is 1.81 bits per heavy atom. The lowest BCUT2D eigenvalue weighted by Gasteiger charge is -2.34. The number of fused-ring (bicyclic) bond motifs is 1. The van der Waals surface area contributed by atoms with Gasteiger partial charge in [0.2, 0.25) is 0 Å². The Bertz CT molecular complexity index is 1270. The van der Waals surface area contributed by atoms with Gasteiger partial charge in [0.05, 0.1) is 12.8 Å². The van der Waals surface area contributed by atoms with Crippen molar-refractivity contribution >= 4 is 29.2 Å². The molecule has 8 heteroatoms.